The highest BCUT2D eigenvalue weighted by Crippen LogP contribution is 2.59. The molecule has 108 valence electrons. The molecule has 0 amide bonds. The molecule has 1 heteroatoms. The molecule has 5 fully saturated rings. The predicted molar refractivity (Wildman–Crippen MR) is 80.0 cm³/mol. The lowest BCUT2D eigenvalue weighted by Crippen LogP contribution is -2.52. The van der Waals surface area contributed by atoms with Crippen LogP contribution in [0.5, 0.6) is 0 Å². The van der Waals surface area contributed by atoms with Gasteiger partial charge in [-0.15, -0.1) is 0 Å². The Labute approximate surface area is 118 Å². The van der Waals surface area contributed by atoms with Crippen LogP contribution in [0, 0.1) is 29.1 Å². The smallest absolute Gasteiger partial charge is 0.00674 e. The Balaban J connectivity index is 1.35. The fraction of sp³-hybridized carbons (Fsp3) is 1.00. The maximum atomic E-state index is 4.00. The summed E-state index contributed by atoms with van der Waals surface area (Å²) in [6, 6.07) is 0.851. The average molecular weight is 261 g/mol. The molecule has 4 bridgehead atoms. The summed E-state index contributed by atoms with van der Waals surface area (Å²) < 4.78 is 0. The molecule has 0 aromatic carbocycles. The highest BCUT2D eigenvalue weighted by atomic mass is 14.9. The van der Waals surface area contributed by atoms with E-state index in [2.05, 4.69) is 12.2 Å². The first kappa shape index (κ1) is 12.7. The van der Waals surface area contributed by atoms with Crippen LogP contribution in [-0.2, 0) is 0 Å². The molecule has 1 N–H and O–H groups in total. The summed E-state index contributed by atoms with van der Waals surface area (Å²) in [5, 5.41) is 4.00. The van der Waals surface area contributed by atoms with Gasteiger partial charge in [0.2, 0.25) is 0 Å². The third-order valence-electron chi connectivity index (χ3n) is 6.95. The van der Waals surface area contributed by atoms with Gasteiger partial charge in [-0.2, -0.15) is 0 Å². The summed E-state index contributed by atoms with van der Waals surface area (Å²) in [4.78, 5) is 0. The molecular formula is C18H31N. The van der Waals surface area contributed by atoms with Crippen molar-refractivity contribution >= 4 is 0 Å². The molecule has 0 aromatic heterocycles. The Morgan fingerprint density at radius 3 is 1.89 bits per heavy atom. The lowest BCUT2D eigenvalue weighted by atomic mass is 9.49. The van der Waals surface area contributed by atoms with E-state index in [0.29, 0.717) is 0 Å². The van der Waals surface area contributed by atoms with E-state index >= 15 is 0 Å². The Morgan fingerprint density at radius 2 is 1.37 bits per heavy atom. The summed E-state index contributed by atoms with van der Waals surface area (Å²) in [5.74, 6) is 4.32. The van der Waals surface area contributed by atoms with Gasteiger partial charge in [0.15, 0.2) is 0 Å². The first-order valence-corrected chi connectivity index (χ1v) is 8.94. The molecule has 0 aromatic rings. The fourth-order valence-corrected chi connectivity index (χ4v) is 6.33. The lowest BCUT2D eigenvalue weighted by molar-refractivity contribution is -0.0530. The average Bonchev–Trinajstić information content (AvgIpc) is 2.36. The molecular weight excluding hydrogens is 230 g/mol. The standard InChI is InChI=1S/C18H31N/c1-13-2-4-17(5-3-13)19-12-18-9-14-6-15(10-18)8-16(7-14)11-18/h13-17,19H,2-12H2,1H3. The predicted octanol–water partition coefficient (Wildman–Crippen LogP) is 4.37. The number of rotatable bonds is 3. The Kier molecular flexibility index (Phi) is 3.17. The zero-order valence-corrected chi connectivity index (χ0v) is 12.7. The van der Waals surface area contributed by atoms with Crippen LogP contribution in [0.2, 0.25) is 0 Å². The third kappa shape index (κ3) is 2.48. The van der Waals surface area contributed by atoms with Crippen molar-refractivity contribution in [2.24, 2.45) is 29.1 Å². The van der Waals surface area contributed by atoms with E-state index in [1.807, 2.05) is 0 Å². The lowest BCUT2D eigenvalue weighted by Gasteiger charge is -2.57. The second kappa shape index (κ2) is 4.76. The molecule has 0 radical (unpaired) electrons. The van der Waals surface area contributed by atoms with Crippen molar-refractivity contribution in [1.29, 1.82) is 0 Å². The van der Waals surface area contributed by atoms with Gasteiger partial charge in [-0.05, 0) is 93.3 Å². The minimum absolute atomic E-state index is 0.734. The van der Waals surface area contributed by atoms with Gasteiger partial charge in [-0.1, -0.05) is 6.92 Å². The summed E-state index contributed by atoms with van der Waals surface area (Å²) >= 11 is 0. The van der Waals surface area contributed by atoms with Crippen LogP contribution < -0.4 is 5.32 Å². The number of hydrogen-bond acceptors (Lipinski definition) is 1. The molecule has 5 aliphatic rings. The minimum atomic E-state index is 0.734. The van der Waals surface area contributed by atoms with Crippen molar-refractivity contribution in [3.63, 3.8) is 0 Å². The van der Waals surface area contributed by atoms with Gasteiger partial charge in [0.1, 0.15) is 0 Å². The maximum absolute atomic E-state index is 4.00. The van der Waals surface area contributed by atoms with Gasteiger partial charge < -0.3 is 5.32 Å². The van der Waals surface area contributed by atoms with Gasteiger partial charge in [0, 0.05) is 12.6 Å². The molecule has 0 unspecified atom stereocenters. The van der Waals surface area contributed by atoms with Crippen molar-refractivity contribution in [3.8, 4) is 0 Å². The van der Waals surface area contributed by atoms with Crippen LogP contribution in [0.1, 0.15) is 71.1 Å². The molecule has 0 atom stereocenters. The van der Waals surface area contributed by atoms with Crippen LogP contribution in [-0.4, -0.2) is 12.6 Å². The van der Waals surface area contributed by atoms with Gasteiger partial charge in [0.25, 0.3) is 0 Å². The van der Waals surface area contributed by atoms with Crippen molar-refractivity contribution in [2.75, 3.05) is 6.54 Å². The zero-order valence-electron chi connectivity index (χ0n) is 12.7. The van der Waals surface area contributed by atoms with Crippen molar-refractivity contribution in [3.05, 3.63) is 0 Å². The zero-order chi connectivity index (χ0) is 12.9. The summed E-state index contributed by atoms with van der Waals surface area (Å²) in [7, 11) is 0. The molecule has 5 rings (SSSR count). The molecule has 0 aliphatic heterocycles. The highest BCUT2D eigenvalue weighted by molar-refractivity contribution is 5.02. The second-order valence-electron chi connectivity index (χ2n) is 8.76. The van der Waals surface area contributed by atoms with E-state index in [9.17, 15) is 0 Å². The van der Waals surface area contributed by atoms with E-state index in [1.165, 1.54) is 32.2 Å². The summed E-state index contributed by atoms with van der Waals surface area (Å²) in [6.07, 6.45) is 15.2. The molecule has 1 nitrogen and oxygen atoms in total. The molecule has 0 spiro atoms. The molecule has 0 heterocycles. The maximum Gasteiger partial charge on any atom is 0.00674 e. The number of hydrogen-bond donors (Lipinski definition) is 1. The largest absolute Gasteiger partial charge is 0.313 e. The van der Waals surface area contributed by atoms with Gasteiger partial charge >= 0.3 is 0 Å². The second-order valence-corrected chi connectivity index (χ2v) is 8.76. The van der Waals surface area contributed by atoms with Crippen LogP contribution >= 0.6 is 0 Å². The molecule has 5 aliphatic carbocycles. The first-order chi connectivity index (χ1) is 9.21. The van der Waals surface area contributed by atoms with Crippen LogP contribution in [0.4, 0.5) is 0 Å². The van der Waals surface area contributed by atoms with E-state index < -0.39 is 0 Å². The number of nitrogens with one attached hydrogen (secondary N) is 1. The van der Waals surface area contributed by atoms with E-state index in [-0.39, 0.29) is 0 Å². The van der Waals surface area contributed by atoms with E-state index in [4.69, 9.17) is 0 Å². The SMILES string of the molecule is CC1CCC(NCC23CC4CC(CC(C4)C2)C3)CC1. The normalized spacial score (nSPS) is 52.6. The van der Waals surface area contributed by atoms with E-state index in [0.717, 1.165) is 35.1 Å². The Morgan fingerprint density at radius 1 is 0.842 bits per heavy atom. The van der Waals surface area contributed by atoms with E-state index in [1.54, 1.807) is 38.5 Å². The molecule has 0 saturated heterocycles. The quantitative estimate of drug-likeness (QED) is 0.795. The third-order valence-corrected chi connectivity index (χ3v) is 6.95. The fourth-order valence-electron chi connectivity index (χ4n) is 6.33. The van der Waals surface area contributed by atoms with Crippen LogP contribution in [0.25, 0.3) is 0 Å². The Bertz CT molecular complexity index is 291. The van der Waals surface area contributed by atoms with Crippen molar-refractivity contribution in [1.82, 2.24) is 5.32 Å². The van der Waals surface area contributed by atoms with Crippen LogP contribution in [0.3, 0.4) is 0 Å². The molecule has 5 saturated carbocycles. The van der Waals surface area contributed by atoms with Gasteiger partial charge in [-0.3, -0.25) is 0 Å². The minimum Gasteiger partial charge on any atom is -0.313 e. The van der Waals surface area contributed by atoms with Crippen molar-refractivity contribution < 1.29 is 0 Å². The molecule has 19 heavy (non-hydrogen) atoms. The highest BCUT2D eigenvalue weighted by Gasteiger charge is 2.50. The van der Waals surface area contributed by atoms with Gasteiger partial charge in [0.05, 0.1) is 0 Å². The monoisotopic (exact) mass is 261 g/mol. The van der Waals surface area contributed by atoms with Gasteiger partial charge in [-0.25, -0.2) is 0 Å². The topological polar surface area (TPSA) is 12.0 Å². The Hall–Kier alpha value is -0.0400. The van der Waals surface area contributed by atoms with Crippen LogP contribution in [0.15, 0.2) is 0 Å². The summed E-state index contributed by atoms with van der Waals surface area (Å²) in [6.45, 7) is 3.78. The van der Waals surface area contributed by atoms with Crippen molar-refractivity contribution in [2.45, 2.75) is 77.2 Å². The summed E-state index contributed by atoms with van der Waals surface area (Å²) in [5.41, 5.74) is 0.734. The first-order valence-electron chi connectivity index (χ1n) is 8.94.